The van der Waals surface area contributed by atoms with Crippen LogP contribution in [0.3, 0.4) is 0 Å². The minimum Gasteiger partial charge on any atom is -0.462 e. The number of phosphoric acid groups is 2. The van der Waals surface area contributed by atoms with E-state index in [4.69, 9.17) is 33.0 Å². The topological polar surface area (TPSA) is 208 Å². The van der Waals surface area contributed by atoms with Crippen LogP contribution in [-0.4, -0.2) is 82.6 Å². The molecular formula is C46H80O14P2. The lowest BCUT2D eigenvalue weighted by Crippen LogP contribution is -2.30. The lowest BCUT2D eigenvalue weighted by Gasteiger charge is -2.20. The Morgan fingerprint density at radius 2 is 1.05 bits per heavy atom. The molecule has 0 bridgehead atoms. The van der Waals surface area contributed by atoms with Crippen LogP contribution in [-0.2, 0) is 46.5 Å². The Balaban J connectivity index is 2.40. The molecule has 0 spiro atoms. The van der Waals surface area contributed by atoms with E-state index < -0.39 is 66.2 Å². The lowest BCUT2D eigenvalue weighted by molar-refractivity contribution is -0.161. The highest BCUT2D eigenvalue weighted by Gasteiger charge is 2.36. The number of esters is 2. The third-order valence-electron chi connectivity index (χ3n) is 9.79. The number of phosphoric ester groups is 2. The van der Waals surface area contributed by atoms with Crippen molar-refractivity contribution < 1.29 is 66.3 Å². The van der Waals surface area contributed by atoms with Crippen LogP contribution in [0.5, 0.6) is 0 Å². The average molecular weight is 919 g/mol. The Morgan fingerprint density at radius 1 is 0.565 bits per heavy atom. The van der Waals surface area contributed by atoms with Crippen molar-refractivity contribution in [3.8, 4) is 0 Å². The van der Waals surface area contributed by atoms with Gasteiger partial charge in [0, 0.05) is 12.8 Å². The summed E-state index contributed by atoms with van der Waals surface area (Å²) >= 11 is 0. The molecule has 1 aliphatic rings. The molecule has 0 saturated carbocycles. The summed E-state index contributed by atoms with van der Waals surface area (Å²) in [7, 11) is -9.71. The van der Waals surface area contributed by atoms with Gasteiger partial charge in [-0.05, 0) is 83.5 Å². The number of carbonyl (C=O) groups is 2. The van der Waals surface area contributed by atoms with Crippen molar-refractivity contribution in [2.75, 3.05) is 26.4 Å². The smallest absolute Gasteiger partial charge is 0.462 e. The summed E-state index contributed by atoms with van der Waals surface area (Å²) < 4.78 is 53.6. The number of hydrogen-bond acceptors (Lipinski definition) is 11. The van der Waals surface area contributed by atoms with Crippen LogP contribution in [0.1, 0.15) is 168 Å². The maximum atomic E-state index is 12.7. The first kappa shape index (κ1) is 57.8. The summed E-state index contributed by atoms with van der Waals surface area (Å²) in [5.41, 5.74) is 0. The standard InChI is InChI=1S/C46H80O14P2/c1-3-5-7-9-11-13-15-17-18-19-20-21-23-25-27-29-31-35-46(49)59-42(40-58-62(53,54)57-38-41(47)37-56-61(50,51)52)39-55-45(48)36-32-34-44-43(60-44)33-30-28-26-24-22-16-14-12-10-8-6-4-2/h11-14,17-18,22,24,28,30,41-44,47H,3-10,15-16,19-21,23,25-27,29,31-40H2,1-2H3,(H,53,54)(H2,50,51,52)/b13-11-,14-12-,18-17-,24-22-,30-28-/t41-,42+,43?,44?/m0/s1. The van der Waals surface area contributed by atoms with E-state index in [0.29, 0.717) is 19.3 Å². The highest BCUT2D eigenvalue weighted by molar-refractivity contribution is 7.47. The number of aliphatic hydroxyl groups is 1. The monoisotopic (exact) mass is 919 g/mol. The third kappa shape index (κ3) is 38.3. The first-order valence-electron chi connectivity index (χ1n) is 23.1. The molecule has 1 rings (SSSR count). The van der Waals surface area contributed by atoms with E-state index >= 15 is 0 Å². The van der Waals surface area contributed by atoms with E-state index in [2.05, 4.69) is 79.1 Å². The Morgan fingerprint density at radius 3 is 1.63 bits per heavy atom. The van der Waals surface area contributed by atoms with Gasteiger partial charge in [0.25, 0.3) is 0 Å². The fourth-order valence-electron chi connectivity index (χ4n) is 6.17. The van der Waals surface area contributed by atoms with Gasteiger partial charge in [0.2, 0.25) is 0 Å². The highest BCUT2D eigenvalue weighted by atomic mass is 31.2. The van der Waals surface area contributed by atoms with Crippen LogP contribution in [0.15, 0.2) is 60.8 Å². The number of allylic oxidation sites excluding steroid dienone is 9. The first-order chi connectivity index (χ1) is 29.8. The molecule has 4 N–H and O–H groups in total. The van der Waals surface area contributed by atoms with Crippen LogP contribution in [0.4, 0.5) is 0 Å². The molecule has 0 radical (unpaired) electrons. The molecule has 0 aromatic rings. The van der Waals surface area contributed by atoms with Crippen molar-refractivity contribution in [1.82, 2.24) is 0 Å². The maximum absolute atomic E-state index is 12.7. The van der Waals surface area contributed by atoms with Crippen LogP contribution in [0.25, 0.3) is 0 Å². The van der Waals surface area contributed by atoms with Gasteiger partial charge < -0.3 is 34.0 Å². The summed E-state index contributed by atoms with van der Waals surface area (Å²) in [5, 5.41) is 9.77. The molecule has 1 heterocycles. The van der Waals surface area contributed by atoms with Gasteiger partial charge in [-0.1, -0.05) is 132 Å². The second-order valence-electron chi connectivity index (χ2n) is 15.7. The fraction of sp³-hybridized carbons (Fsp3) is 0.739. The normalized spacial score (nSPS) is 17.8. The number of unbranched alkanes of at least 4 members (excludes halogenated alkanes) is 13. The molecule has 0 amide bonds. The third-order valence-corrected chi connectivity index (χ3v) is 11.2. The molecule has 62 heavy (non-hydrogen) atoms. The predicted octanol–water partition coefficient (Wildman–Crippen LogP) is 11.0. The zero-order chi connectivity index (χ0) is 45.6. The Labute approximate surface area is 372 Å². The second-order valence-corrected chi connectivity index (χ2v) is 18.4. The van der Waals surface area contributed by atoms with Gasteiger partial charge in [0.15, 0.2) is 6.10 Å². The molecule has 14 nitrogen and oxygen atoms in total. The molecular weight excluding hydrogens is 838 g/mol. The zero-order valence-corrected chi connectivity index (χ0v) is 39.4. The number of hydrogen-bond donors (Lipinski definition) is 4. The summed E-state index contributed by atoms with van der Waals surface area (Å²) in [6, 6.07) is 0. The molecule has 1 saturated heterocycles. The molecule has 5 atom stereocenters. The van der Waals surface area contributed by atoms with Crippen molar-refractivity contribution in [3.05, 3.63) is 60.8 Å². The minimum absolute atomic E-state index is 0.0772. The average Bonchev–Trinajstić information content (AvgIpc) is 3.99. The Kier molecular flexibility index (Phi) is 35.5. The quantitative estimate of drug-likeness (QED) is 0.0148. The van der Waals surface area contributed by atoms with Crippen LogP contribution >= 0.6 is 15.6 Å². The van der Waals surface area contributed by atoms with Crippen LogP contribution in [0.2, 0.25) is 0 Å². The van der Waals surface area contributed by atoms with Crippen molar-refractivity contribution in [2.45, 2.75) is 192 Å². The zero-order valence-electron chi connectivity index (χ0n) is 37.6. The Hall–Kier alpha value is -2.22. The van der Waals surface area contributed by atoms with Gasteiger partial charge in [0.1, 0.15) is 12.7 Å². The van der Waals surface area contributed by atoms with Crippen LogP contribution < -0.4 is 0 Å². The van der Waals surface area contributed by atoms with Gasteiger partial charge in [0.05, 0.1) is 32.0 Å². The highest BCUT2D eigenvalue weighted by Crippen LogP contribution is 2.44. The van der Waals surface area contributed by atoms with Gasteiger partial charge >= 0.3 is 27.6 Å². The molecule has 0 aromatic carbocycles. The molecule has 0 aliphatic carbocycles. The fourth-order valence-corrected chi connectivity index (χ4v) is 7.33. The minimum atomic E-state index is -4.88. The Bertz CT molecular complexity index is 1390. The predicted molar refractivity (Wildman–Crippen MR) is 243 cm³/mol. The number of rotatable bonds is 42. The van der Waals surface area contributed by atoms with Crippen molar-refractivity contribution in [1.29, 1.82) is 0 Å². The van der Waals surface area contributed by atoms with Gasteiger partial charge in [-0.25, -0.2) is 9.13 Å². The first-order valence-corrected chi connectivity index (χ1v) is 26.1. The maximum Gasteiger partial charge on any atom is 0.472 e. The summed E-state index contributed by atoms with van der Waals surface area (Å²) in [5.74, 6) is -1.12. The van der Waals surface area contributed by atoms with E-state index in [1.165, 1.54) is 38.5 Å². The van der Waals surface area contributed by atoms with Gasteiger partial charge in [-0.2, -0.15) is 0 Å². The van der Waals surface area contributed by atoms with E-state index in [9.17, 15) is 28.7 Å². The molecule has 16 heteroatoms. The van der Waals surface area contributed by atoms with E-state index in [-0.39, 0.29) is 25.0 Å². The molecule has 358 valence electrons. The van der Waals surface area contributed by atoms with Crippen LogP contribution in [0, 0.1) is 0 Å². The van der Waals surface area contributed by atoms with E-state index in [1.54, 1.807) is 0 Å². The number of ether oxygens (including phenoxy) is 3. The molecule has 3 unspecified atom stereocenters. The summed E-state index contributed by atoms with van der Waals surface area (Å²) in [6.45, 7) is 1.62. The number of aliphatic hydroxyl groups excluding tert-OH is 1. The number of epoxide rings is 1. The lowest BCUT2D eigenvalue weighted by atomic mass is 10.1. The largest absolute Gasteiger partial charge is 0.472 e. The van der Waals surface area contributed by atoms with Gasteiger partial charge in [-0.3, -0.25) is 23.2 Å². The van der Waals surface area contributed by atoms with Crippen molar-refractivity contribution in [3.63, 3.8) is 0 Å². The molecule has 0 aromatic heterocycles. The molecule has 1 fully saturated rings. The summed E-state index contributed by atoms with van der Waals surface area (Å²) in [6.07, 6.45) is 42.2. The summed E-state index contributed by atoms with van der Waals surface area (Å²) in [4.78, 5) is 52.9. The number of carbonyl (C=O) groups excluding carboxylic acids is 2. The molecule has 1 aliphatic heterocycles. The van der Waals surface area contributed by atoms with Crippen molar-refractivity contribution >= 4 is 27.6 Å². The second kappa shape index (κ2) is 38.1. The van der Waals surface area contributed by atoms with E-state index in [1.807, 2.05) is 0 Å². The van der Waals surface area contributed by atoms with E-state index in [0.717, 1.165) is 83.5 Å². The van der Waals surface area contributed by atoms with Crippen molar-refractivity contribution in [2.24, 2.45) is 0 Å². The van der Waals surface area contributed by atoms with Gasteiger partial charge in [-0.15, -0.1) is 0 Å². The SMILES string of the molecule is CCCCC/C=C\C/C=C\C/C=C\CC1OC1CCCC(=O)OC[C@H](COP(=O)(O)OC[C@@H](O)COP(=O)(O)O)OC(=O)CCCCCCCCC/C=C\C/C=C\CCCCC.